The molecule has 0 aliphatic carbocycles. The van der Waals surface area contributed by atoms with E-state index in [9.17, 15) is 4.39 Å². The van der Waals surface area contributed by atoms with Crippen LogP contribution in [0.1, 0.15) is 32.3 Å². The SMILES string of the molecule is C=C/C(=C\C(=C/C)c1ccc2[nH]nc(-c3cc4c(-c5ccc(F)cc5)cccc4[nH]3)c2c1)NC(=C)CCC. The molecule has 0 atom stereocenters. The number of H-pyrrole nitrogens is 2. The summed E-state index contributed by atoms with van der Waals surface area (Å²) in [6.07, 6.45) is 7.94. The molecule has 5 aromatic rings. The van der Waals surface area contributed by atoms with Crippen molar-refractivity contribution in [3.63, 3.8) is 0 Å². The molecule has 0 saturated heterocycles. The molecule has 38 heavy (non-hydrogen) atoms. The second-order valence-electron chi connectivity index (χ2n) is 9.32. The maximum atomic E-state index is 13.5. The van der Waals surface area contributed by atoms with Crippen molar-refractivity contribution in [2.75, 3.05) is 0 Å². The van der Waals surface area contributed by atoms with E-state index in [-0.39, 0.29) is 5.82 Å². The van der Waals surface area contributed by atoms with E-state index in [4.69, 9.17) is 0 Å². The highest BCUT2D eigenvalue weighted by Crippen LogP contribution is 2.35. The van der Waals surface area contributed by atoms with Gasteiger partial charge in [-0.3, -0.25) is 5.10 Å². The first-order valence-electron chi connectivity index (χ1n) is 12.8. The summed E-state index contributed by atoms with van der Waals surface area (Å²) in [6.45, 7) is 12.2. The van der Waals surface area contributed by atoms with Crippen LogP contribution in [0.2, 0.25) is 0 Å². The molecule has 3 aromatic carbocycles. The Kier molecular flexibility index (Phi) is 7.09. The minimum Gasteiger partial charge on any atom is -0.359 e. The van der Waals surface area contributed by atoms with Gasteiger partial charge in [0.15, 0.2) is 0 Å². The number of rotatable bonds is 9. The minimum absolute atomic E-state index is 0.244. The number of hydrogen-bond acceptors (Lipinski definition) is 2. The van der Waals surface area contributed by atoms with Crippen molar-refractivity contribution in [3.05, 3.63) is 121 Å². The van der Waals surface area contributed by atoms with Crippen molar-refractivity contribution < 1.29 is 4.39 Å². The lowest BCUT2D eigenvalue weighted by Crippen LogP contribution is -2.10. The zero-order valence-corrected chi connectivity index (χ0v) is 21.7. The Balaban J connectivity index is 1.54. The molecule has 4 nitrogen and oxygen atoms in total. The van der Waals surface area contributed by atoms with Gasteiger partial charge in [-0.25, -0.2) is 4.39 Å². The van der Waals surface area contributed by atoms with Crippen molar-refractivity contribution in [2.24, 2.45) is 0 Å². The predicted molar refractivity (Wildman–Crippen MR) is 158 cm³/mol. The van der Waals surface area contributed by atoms with Gasteiger partial charge in [0, 0.05) is 27.7 Å². The lowest BCUT2D eigenvalue weighted by molar-refractivity contribution is 0.628. The highest BCUT2D eigenvalue weighted by molar-refractivity contribution is 6.01. The number of fused-ring (bicyclic) bond motifs is 2. The summed E-state index contributed by atoms with van der Waals surface area (Å²) >= 11 is 0. The van der Waals surface area contributed by atoms with E-state index in [1.165, 1.54) is 12.1 Å². The Morgan fingerprint density at radius 3 is 2.58 bits per heavy atom. The Bertz CT molecular complexity index is 1700. The molecule has 0 spiro atoms. The van der Waals surface area contributed by atoms with Crippen LogP contribution >= 0.6 is 0 Å². The topological polar surface area (TPSA) is 56.5 Å². The van der Waals surface area contributed by atoms with Crippen molar-refractivity contribution in [1.82, 2.24) is 20.5 Å². The van der Waals surface area contributed by atoms with Gasteiger partial charge < -0.3 is 10.3 Å². The Labute approximate surface area is 222 Å². The fraction of sp³-hybridized carbons (Fsp3) is 0.121. The standard InChI is InChI=1S/C33H31FN4/c1-5-9-21(4)35-26(7-3)18-22(6-2)24-14-17-31-29(19-24)33(38-37-31)32-20-28-27(10-8-11-30(28)36-32)23-12-15-25(34)16-13-23/h6-8,10-20,35-36H,3-5,9H2,1-2H3,(H,37,38)/b22-6+,26-18+. The molecule has 2 heterocycles. The second-order valence-corrected chi connectivity index (χ2v) is 9.32. The summed E-state index contributed by atoms with van der Waals surface area (Å²) in [7, 11) is 0. The van der Waals surface area contributed by atoms with Crippen LogP contribution in [0.4, 0.5) is 4.39 Å². The summed E-state index contributed by atoms with van der Waals surface area (Å²) in [5, 5.41) is 13.3. The van der Waals surface area contributed by atoms with Crippen molar-refractivity contribution in [2.45, 2.75) is 26.7 Å². The van der Waals surface area contributed by atoms with Gasteiger partial charge >= 0.3 is 0 Å². The normalized spacial score (nSPS) is 12.3. The van der Waals surface area contributed by atoms with Crippen LogP contribution < -0.4 is 5.32 Å². The first-order chi connectivity index (χ1) is 18.5. The number of nitrogens with zero attached hydrogens (tertiary/aromatic N) is 1. The Hall–Kier alpha value is -4.64. The number of aromatic amines is 2. The first-order valence-corrected chi connectivity index (χ1v) is 12.8. The molecule has 0 bridgehead atoms. The molecule has 5 heteroatoms. The molecule has 5 rings (SSSR count). The van der Waals surface area contributed by atoms with Gasteiger partial charge in [-0.2, -0.15) is 5.10 Å². The highest BCUT2D eigenvalue weighted by atomic mass is 19.1. The van der Waals surface area contributed by atoms with Gasteiger partial charge in [-0.1, -0.05) is 62.9 Å². The van der Waals surface area contributed by atoms with Gasteiger partial charge in [0.1, 0.15) is 11.5 Å². The summed E-state index contributed by atoms with van der Waals surface area (Å²) in [5.41, 5.74) is 9.76. The summed E-state index contributed by atoms with van der Waals surface area (Å²) in [4.78, 5) is 3.53. The van der Waals surface area contributed by atoms with E-state index in [0.29, 0.717) is 0 Å². The van der Waals surface area contributed by atoms with E-state index in [1.54, 1.807) is 0 Å². The monoisotopic (exact) mass is 502 g/mol. The molecular weight excluding hydrogens is 471 g/mol. The highest BCUT2D eigenvalue weighted by Gasteiger charge is 2.14. The van der Waals surface area contributed by atoms with Crippen LogP contribution in [0.3, 0.4) is 0 Å². The average molecular weight is 503 g/mol. The summed E-state index contributed by atoms with van der Waals surface area (Å²) < 4.78 is 13.5. The van der Waals surface area contributed by atoms with Gasteiger partial charge in [0.05, 0.1) is 11.2 Å². The number of allylic oxidation sites excluding steroid dienone is 5. The molecule has 190 valence electrons. The zero-order chi connectivity index (χ0) is 26.6. The van der Waals surface area contributed by atoms with Crippen molar-refractivity contribution in [3.8, 4) is 22.5 Å². The third-order valence-corrected chi connectivity index (χ3v) is 6.69. The molecule has 0 unspecified atom stereocenters. The largest absolute Gasteiger partial charge is 0.359 e. The molecule has 0 aliphatic heterocycles. The predicted octanol–water partition coefficient (Wildman–Crippen LogP) is 8.89. The zero-order valence-electron chi connectivity index (χ0n) is 21.7. The summed E-state index contributed by atoms with van der Waals surface area (Å²) in [5.74, 6) is -0.244. The van der Waals surface area contributed by atoms with Crippen LogP contribution in [-0.2, 0) is 0 Å². The lowest BCUT2D eigenvalue weighted by Gasteiger charge is -2.11. The van der Waals surface area contributed by atoms with Crippen molar-refractivity contribution in [1.29, 1.82) is 0 Å². The van der Waals surface area contributed by atoms with Crippen molar-refractivity contribution >= 4 is 27.4 Å². The minimum atomic E-state index is -0.244. The number of hydrogen-bond donors (Lipinski definition) is 3. The molecule has 0 saturated carbocycles. The quantitative estimate of drug-likeness (QED) is 0.176. The lowest BCUT2D eigenvalue weighted by atomic mass is 10.0. The number of nitrogens with one attached hydrogen (secondary N) is 3. The molecule has 0 aliphatic rings. The van der Waals surface area contributed by atoms with Gasteiger partial charge in [0.25, 0.3) is 0 Å². The third-order valence-electron chi connectivity index (χ3n) is 6.69. The van der Waals surface area contributed by atoms with E-state index < -0.39 is 0 Å². The van der Waals surface area contributed by atoms with Gasteiger partial charge in [-0.05, 0) is 84.2 Å². The smallest absolute Gasteiger partial charge is 0.123 e. The first kappa shape index (κ1) is 25.0. The van der Waals surface area contributed by atoms with Crippen LogP contribution in [-0.4, -0.2) is 15.2 Å². The van der Waals surface area contributed by atoms with Gasteiger partial charge in [0.2, 0.25) is 0 Å². The molecule has 2 aromatic heterocycles. The maximum Gasteiger partial charge on any atom is 0.123 e. The number of halogens is 1. The maximum absolute atomic E-state index is 13.5. The Morgan fingerprint density at radius 1 is 1.03 bits per heavy atom. The van der Waals surface area contributed by atoms with Crippen LogP contribution in [0, 0.1) is 5.82 Å². The molecular formula is C33H31FN4. The Morgan fingerprint density at radius 2 is 1.84 bits per heavy atom. The number of aromatic nitrogens is 3. The third kappa shape index (κ3) is 4.96. The second kappa shape index (κ2) is 10.8. The summed E-state index contributed by atoms with van der Waals surface area (Å²) in [6, 6.07) is 21.1. The fourth-order valence-corrected chi connectivity index (χ4v) is 4.78. The fourth-order valence-electron chi connectivity index (χ4n) is 4.78. The molecule has 0 radical (unpaired) electrons. The average Bonchev–Trinajstić information content (AvgIpc) is 3.55. The molecule has 3 N–H and O–H groups in total. The van der Waals surface area contributed by atoms with Crippen LogP contribution in [0.15, 0.2) is 110 Å². The molecule has 0 amide bonds. The number of benzene rings is 3. The van der Waals surface area contributed by atoms with Gasteiger partial charge in [-0.15, -0.1) is 0 Å². The van der Waals surface area contributed by atoms with Crippen LogP contribution in [0.5, 0.6) is 0 Å². The molecule has 0 fully saturated rings. The van der Waals surface area contributed by atoms with Crippen LogP contribution in [0.25, 0.3) is 49.9 Å². The van der Waals surface area contributed by atoms with E-state index >= 15 is 0 Å². The van der Waals surface area contributed by atoms with E-state index in [0.717, 1.165) is 79.7 Å². The van der Waals surface area contributed by atoms with E-state index in [2.05, 4.69) is 83.1 Å². The van der Waals surface area contributed by atoms with E-state index in [1.807, 2.05) is 37.3 Å².